The lowest BCUT2D eigenvalue weighted by molar-refractivity contribution is -0.0511. The van der Waals surface area contributed by atoms with E-state index in [-0.39, 0.29) is 0 Å². The van der Waals surface area contributed by atoms with Crippen LogP contribution in [0.2, 0.25) is 0 Å². The van der Waals surface area contributed by atoms with Crippen LogP contribution in [0.15, 0.2) is 36.9 Å². The van der Waals surface area contributed by atoms with Crippen LogP contribution >= 0.6 is 0 Å². The second-order valence-electron chi connectivity index (χ2n) is 5.98. The third-order valence-corrected chi connectivity index (χ3v) is 4.51. The number of hydrogen-bond donors (Lipinski definition) is 3. The maximum atomic E-state index is 10.3. The van der Waals surface area contributed by atoms with E-state index in [2.05, 4.69) is 15.0 Å². The van der Waals surface area contributed by atoms with Gasteiger partial charge in [0, 0.05) is 5.56 Å². The molecule has 3 heterocycles. The van der Waals surface area contributed by atoms with Gasteiger partial charge in [-0.15, -0.1) is 0 Å². The molecule has 3 N–H and O–H groups in total. The minimum Gasteiger partial charge on any atom is -0.496 e. The summed E-state index contributed by atoms with van der Waals surface area (Å²) in [7, 11) is 1.58. The van der Waals surface area contributed by atoms with E-state index >= 15 is 0 Å². The first-order valence-corrected chi connectivity index (χ1v) is 8.09. The van der Waals surface area contributed by atoms with Crippen molar-refractivity contribution in [2.75, 3.05) is 13.7 Å². The average molecular weight is 358 g/mol. The Morgan fingerprint density at radius 1 is 1.15 bits per heavy atom. The van der Waals surface area contributed by atoms with Crippen molar-refractivity contribution < 1.29 is 24.8 Å². The number of hydrogen-bond acceptors (Lipinski definition) is 8. The first-order valence-electron chi connectivity index (χ1n) is 8.09. The number of aromatic nitrogens is 4. The summed E-state index contributed by atoms with van der Waals surface area (Å²) < 4.78 is 12.5. The maximum absolute atomic E-state index is 10.3. The summed E-state index contributed by atoms with van der Waals surface area (Å²) in [6.07, 6.45) is -1.33. The van der Waals surface area contributed by atoms with E-state index in [0.29, 0.717) is 22.6 Å². The second-order valence-corrected chi connectivity index (χ2v) is 5.98. The normalized spacial score (nSPS) is 25.7. The van der Waals surface area contributed by atoms with Gasteiger partial charge in [0.1, 0.15) is 41.6 Å². The Morgan fingerprint density at radius 3 is 2.69 bits per heavy atom. The molecule has 4 atom stereocenters. The molecule has 26 heavy (non-hydrogen) atoms. The summed E-state index contributed by atoms with van der Waals surface area (Å²) >= 11 is 0. The van der Waals surface area contributed by atoms with Crippen LogP contribution in [-0.4, -0.2) is 66.9 Å². The predicted molar refractivity (Wildman–Crippen MR) is 90.3 cm³/mol. The van der Waals surface area contributed by atoms with E-state index in [1.807, 2.05) is 24.3 Å². The minimum absolute atomic E-state index is 0.400. The number of imidazole rings is 1. The molecule has 0 unspecified atom stereocenters. The molecule has 4 rings (SSSR count). The Balaban J connectivity index is 1.82. The number of methoxy groups -OCH3 is 1. The van der Waals surface area contributed by atoms with Crippen LogP contribution in [0.5, 0.6) is 5.75 Å². The van der Waals surface area contributed by atoms with Crippen LogP contribution in [0.25, 0.3) is 22.4 Å². The Morgan fingerprint density at radius 2 is 1.96 bits per heavy atom. The van der Waals surface area contributed by atoms with Gasteiger partial charge in [0.05, 0.1) is 20.0 Å². The summed E-state index contributed by atoms with van der Waals surface area (Å²) in [5.41, 5.74) is 2.29. The Bertz CT molecular complexity index is 930. The smallest absolute Gasteiger partial charge is 0.166 e. The number of ether oxygens (including phenoxy) is 2. The van der Waals surface area contributed by atoms with Gasteiger partial charge in [-0.3, -0.25) is 4.57 Å². The quantitative estimate of drug-likeness (QED) is 0.601. The Hall–Kier alpha value is -2.59. The van der Waals surface area contributed by atoms with E-state index < -0.39 is 31.1 Å². The zero-order valence-corrected chi connectivity index (χ0v) is 13.9. The molecule has 0 amide bonds. The van der Waals surface area contributed by atoms with Gasteiger partial charge >= 0.3 is 0 Å². The lowest BCUT2D eigenvalue weighted by atomic mass is 10.1. The Labute approximate surface area is 148 Å². The molecule has 0 spiro atoms. The monoisotopic (exact) mass is 358 g/mol. The SMILES string of the molecule is COc1ccccc1-c1ncnc2c1ncn2[C@@H]1O[C@H](CO)[C@@H](O)[C@H]1O. The van der Waals surface area contributed by atoms with Crippen molar-refractivity contribution in [3.63, 3.8) is 0 Å². The number of aliphatic hydroxyl groups excluding tert-OH is 3. The minimum atomic E-state index is -1.21. The lowest BCUT2D eigenvalue weighted by Crippen LogP contribution is -2.33. The third-order valence-electron chi connectivity index (χ3n) is 4.51. The van der Waals surface area contributed by atoms with E-state index in [0.717, 1.165) is 5.56 Å². The van der Waals surface area contributed by atoms with Gasteiger partial charge in [-0.2, -0.15) is 0 Å². The van der Waals surface area contributed by atoms with E-state index in [9.17, 15) is 15.3 Å². The predicted octanol–water partition coefficient (Wildman–Crippen LogP) is 0.113. The third kappa shape index (κ3) is 2.53. The topological polar surface area (TPSA) is 123 Å². The van der Waals surface area contributed by atoms with Crippen molar-refractivity contribution in [2.24, 2.45) is 0 Å². The number of fused-ring (bicyclic) bond motifs is 1. The van der Waals surface area contributed by atoms with Crippen molar-refractivity contribution >= 4 is 11.2 Å². The highest BCUT2D eigenvalue weighted by Crippen LogP contribution is 2.35. The zero-order valence-electron chi connectivity index (χ0n) is 13.9. The van der Waals surface area contributed by atoms with Crippen molar-refractivity contribution in [3.8, 4) is 17.0 Å². The summed E-state index contributed by atoms with van der Waals surface area (Å²) in [5.74, 6) is 0.648. The van der Waals surface area contributed by atoms with Crippen molar-refractivity contribution in [3.05, 3.63) is 36.9 Å². The standard InChI is InChI=1S/C17H18N4O5/c1-25-10-5-3-2-4-9(10)12-13-16(19-7-18-12)21(8-20-13)17-15(24)14(23)11(6-22)26-17/h2-5,7-8,11,14-15,17,22-24H,6H2,1H3/t11-,14-,15-,17-/m1/s1. The molecule has 9 nitrogen and oxygen atoms in total. The molecule has 1 saturated heterocycles. The number of rotatable bonds is 4. The van der Waals surface area contributed by atoms with Crippen LogP contribution in [0, 0.1) is 0 Å². The molecule has 1 aliphatic heterocycles. The van der Waals surface area contributed by atoms with Crippen LogP contribution in [0.1, 0.15) is 6.23 Å². The highest BCUT2D eigenvalue weighted by Gasteiger charge is 2.44. The summed E-state index contributed by atoms with van der Waals surface area (Å²) in [5, 5.41) is 29.5. The van der Waals surface area contributed by atoms with Crippen LogP contribution in [-0.2, 0) is 4.74 Å². The fraction of sp³-hybridized carbons (Fsp3) is 0.353. The van der Waals surface area contributed by atoms with Gasteiger partial charge in [-0.05, 0) is 12.1 Å². The molecule has 0 radical (unpaired) electrons. The van der Waals surface area contributed by atoms with Crippen molar-refractivity contribution in [1.29, 1.82) is 0 Å². The molecule has 3 aromatic rings. The van der Waals surface area contributed by atoms with Crippen molar-refractivity contribution in [1.82, 2.24) is 19.5 Å². The highest BCUT2D eigenvalue weighted by atomic mass is 16.6. The van der Waals surface area contributed by atoms with Gasteiger partial charge in [0.15, 0.2) is 11.9 Å². The second kappa shape index (κ2) is 6.61. The first kappa shape index (κ1) is 16.9. The molecule has 1 aromatic carbocycles. The molecule has 1 fully saturated rings. The number of para-hydroxylation sites is 1. The van der Waals surface area contributed by atoms with Crippen LogP contribution < -0.4 is 4.74 Å². The summed E-state index contributed by atoms with van der Waals surface area (Å²) in [6, 6.07) is 7.42. The maximum Gasteiger partial charge on any atom is 0.166 e. The summed E-state index contributed by atoms with van der Waals surface area (Å²) in [6.45, 7) is -0.400. The molecular formula is C17H18N4O5. The fourth-order valence-electron chi connectivity index (χ4n) is 3.19. The molecule has 1 aliphatic rings. The zero-order chi connectivity index (χ0) is 18.3. The molecule has 0 bridgehead atoms. The van der Waals surface area contributed by atoms with Gasteiger partial charge in [-0.25, -0.2) is 15.0 Å². The first-order chi connectivity index (χ1) is 12.7. The molecule has 0 aliphatic carbocycles. The highest BCUT2D eigenvalue weighted by molar-refractivity contribution is 5.89. The molecule has 2 aromatic heterocycles. The molecule has 136 valence electrons. The van der Waals surface area contributed by atoms with Crippen molar-refractivity contribution in [2.45, 2.75) is 24.5 Å². The van der Waals surface area contributed by atoms with Gasteiger partial charge in [0.2, 0.25) is 0 Å². The molecule has 0 saturated carbocycles. The molecular weight excluding hydrogens is 340 g/mol. The number of nitrogens with zero attached hydrogens (tertiary/aromatic N) is 4. The number of benzene rings is 1. The Kier molecular flexibility index (Phi) is 4.29. The average Bonchev–Trinajstić information content (AvgIpc) is 3.23. The van der Waals surface area contributed by atoms with E-state index in [4.69, 9.17) is 9.47 Å². The van der Waals surface area contributed by atoms with E-state index in [1.165, 1.54) is 17.2 Å². The van der Waals surface area contributed by atoms with Gasteiger partial charge < -0.3 is 24.8 Å². The lowest BCUT2D eigenvalue weighted by Gasteiger charge is -2.16. The summed E-state index contributed by atoms with van der Waals surface area (Å²) in [4.78, 5) is 13.0. The largest absolute Gasteiger partial charge is 0.496 e. The van der Waals surface area contributed by atoms with Crippen LogP contribution in [0.4, 0.5) is 0 Å². The van der Waals surface area contributed by atoms with Gasteiger partial charge in [-0.1, -0.05) is 12.1 Å². The molecule has 9 heteroatoms. The number of aliphatic hydroxyl groups is 3. The van der Waals surface area contributed by atoms with Crippen LogP contribution in [0.3, 0.4) is 0 Å². The van der Waals surface area contributed by atoms with E-state index in [1.54, 1.807) is 7.11 Å². The van der Waals surface area contributed by atoms with Gasteiger partial charge in [0.25, 0.3) is 0 Å². The fourth-order valence-corrected chi connectivity index (χ4v) is 3.19.